The molecule has 0 aliphatic rings. The van der Waals surface area contributed by atoms with Crippen molar-refractivity contribution >= 4 is 5.91 Å². The third-order valence-corrected chi connectivity index (χ3v) is 4.08. The topological polar surface area (TPSA) is 32.3 Å². The Balaban J connectivity index is 1.96. The first-order chi connectivity index (χ1) is 11.6. The molecular weight excluding hydrogens is 296 g/mol. The van der Waals surface area contributed by atoms with Crippen LogP contribution in [0, 0.1) is 0 Å². The van der Waals surface area contributed by atoms with E-state index in [2.05, 4.69) is 55.5 Å². The molecule has 3 nitrogen and oxygen atoms in total. The Hall–Kier alpha value is -2.13. The monoisotopic (exact) mass is 324 g/mol. The third kappa shape index (κ3) is 5.50. The van der Waals surface area contributed by atoms with Crippen molar-refractivity contribution in [1.29, 1.82) is 0 Å². The van der Waals surface area contributed by atoms with Gasteiger partial charge in [0.05, 0.1) is 0 Å². The molecule has 2 aromatic carbocycles. The molecule has 0 atom stereocenters. The minimum atomic E-state index is -0.0169. The summed E-state index contributed by atoms with van der Waals surface area (Å²) >= 11 is 0. The summed E-state index contributed by atoms with van der Waals surface area (Å²) in [4.78, 5) is 14.5. The van der Waals surface area contributed by atoms with Crippen LogP contribution in [0.3, 0.4) is 0 Å². The van der Waals surface area contributed by atoms with Crippen molar-refractivity contribution in [3.8, 4) is 0 Å². The van der Waals surface area contributed by atoms with Gasteiger partial charge in [-0.1, -0.05) is 49.7 Å². The van der Waals surface area contributed by atoms with Crippen molar-refractivity contribution in [2.24, 2.45) is 0 Å². The molecule has 24 heavy (non-hydrogen) atoms. The molecule has 0 spiro atoms. The molecule has 3 heteroatoms. The van der Waals surface area contributed by atoms with Crippen LogP contribution in [0.5, 0.6) is 0 Å². The molecule has 0 fully saturated rings. The van der Waals surface area contributed by atoms with Crippen LogP contribution in [0.4, 0.5) is 0 Å². The number of benzene rings is 2. The van der Waals surface area contributed by atoms with Crippen LogP contribution < -0.4 is 5.32 Å². The number of nitrogens with one attached hydrogen (secondary N) is 1. The average molecular weight is 324 g/mol. The highest BCUT2D eigenvalue weighted by Gasteiger charge is 2.08. The van der Waals surface area contributed by atoms with Crippen LogP contribution in [0.1, 0.15) is 46.8 Å². The summed E-state index contributed by atoms with van der Waals surface area (Å²) in [5.74, 6) is -0.0169. The van der Waals surface area contributed by atoms with Gasteiger partial charge in [0.1, 0.15) is 0 Å². The Morgan fingerprint density at radius 1 is 1.00 bits per heavy atom. The molecule has 0 heterocycles. The first kappa shape index (κ1) is 18.2. The number of rotatable bonds is 8. The molecule has 0 saturated heterocycles. The largest absolute Gasteiger partial charge is 0.348 e. The first-order valence-corrected chi connectivity index (χ1v) is 8.68. The summed E-state index contributed by atoms with van der Waals surface area (Å²) in [6, 6.07) is 16.2. The second-order valence-corrected chi connectivity index (χ2v) is 6.49. The highest BCUT2D eigenvalue weighted by molar-refractivity contribution is 5.94. The number of amides is 1. The van der Waals surface area contributed by atoms with Gasteiger partial charge in [0.15, 0.2) is 0 Å². The van der Waals surface area contributed by atoms with E-state index in [0.717, 1.165) is 18.5 Å². The highest BCUT2D eigenvalue weighted by Crippen LogP contribution is 2.12. The molecule has 0 aliphatic carbocycles. The zero-order chi connectivity index (χ0) is 17.4. The number of aryl methyl sites for hydroxylation is 1. The third-order valence-electron chi connectivity index (χ3n) is 4.08. The Morgan fingerprint density at radius 2 is 1.67 bits per heavy atom. The molecule has 1 amide bonds. The van der Waals surface area contributed by atoms with Gasteiger partial charge in [-0.25, -0.2) is 0 Å². The summed E-state index contributed by atoms with van der Waals surface area (Å²) in [6.07, 6.45) is 3.46. The normalized spacial score (nSPS) is 10.8. The summed E-state index contributed by atoms with van der Waals surface area (Å²) in [7, 11) is 4.10. The van der Waals surface area contributed by atoms with Crippen molar-refractivity contribution in [2.75, 3.05) is 14.1 Å². The quantitative estimate of drug-likeness (QED) is 0.795. The number of hydrogen-bond donors (Lipinski definition) is 1. The van der Waals surface area contributed by atoms with Gasteiger partial charge in [-0.15, -0.1) is 0 Å². The first-order valence-electron chi connectivity index (χ1n) is 8.68. The second-order valence-electron chi connectivity index (χ2n) is 6.49. The predicted molar refractivity (Wildman–Crippen MR) is 100 cm³/mol. The lowest BCUT2D eigenvalue weighted by atomic mass is 10.1. The highest BCUT2D eigenvalue weighted by atomic mass is 16.1. The molecule has 0 saturated carbocycles. The fourth-order valence-corrected chi connectivity index (χ4v) is 2.71. The van der Waals surface area contributed by atoms with E-state index >= 15 is 0 Å². The number of unbranched alkanes of at least 4 members (excludes halogenated alkanes) is 1. The van der Waals surface area contributed by atoms with E-state index in [1.54, 1.807) is 0 Å². The SMILES string of the molecule is CCCCc1ccc(C(=O)NCc2ccccc2CN(C)C)cc1. The predicted octanol–water partition coefficient (Wildman–Crippen LogP) is 4.02. The maximum atomic E-state index is 12.4. The maximum Gasteiger partial charge on any atom is 0.251 e. The minimum Gasteiger partial charge on any atom is -0.348 e. The van der Waals surface area contributed by atoms with Crippen molar-refractivity contribution < 1.29 is 4.79 Å². The molecule has 0 aromatic heterocycles. The number of carbonyl (C=O) groups excluding carboxylic acids is 1. The zero-order valence-electron chi connectivity index (χ0n) is 15.0. The van der Waals surface area contributed by atoms with E-state index in [-0.39, 0.29) is 5.91 Å². The lowest BCUT2D eigenvalue weighted by Crippen LogP contribution is -2.24. The molecule has 0 radical (unpaired) electrons. The van der Waals surface area contributed by atoms with Crippen molar-refractivity contribution in [2.45, 2.75) is 39.3 Å². The molecule has 0 bridgehead atoms. The lowest BCUT2D eigenvalue weighted by molar-refractivity contribution is 0.0951. The summed E-state index contributed by atoms with van der Waals surface area (Å²) in [5, 5.41) is 3.03. The van der Waals surface area contributed by atoms with Gasteiger partial charge in [-0.3, -0.25) is 4.79 Å². The maximum absolute atomic E-state index is 12.4. The van der Waals surface area contributed by atoms with E-state index in [0.29, 0.717) is 6.54 Å². The molecule has 0 unspecified atom stereocenters. The Labute approximate surface area is 145 Å². The van der Waals surface area contributed by atoms with Crippen LogP contribution in [0.15, 0.2) is 48.5 Å². The van der Waals surface area contributed by atoms with Crippen LogP contribution in [-0.4, -0.2) is 24.9 Å². The molecule has 2 aromatic rings. The Kier molecular flexibility index (Phi) is 7.01. The van der Waals surface area contributed by atoms with Gasteiger partial charge in [0.25, 0.3) is 5.91 Å². The zero-order valence-corrected chi connectivity index (χ0v) is 15.0. The summed E-state index contributed by atoms with van der Waals surface area (Å²) in [5.41, 5.74) is 4.43. The van der Waals surface area contributed by atoms with Crippen molar-refractivity contribution in [3.05, 3.63) is 70.8 Å². The van der Waals surface area contributed by atoms with E-state index in [9.17, 15) is 4.79 Å². The Bertz CT molecular complexity index is 647. The standard InChI is InChI=1S/C21H28N2O/c1-4-5-8-17-11-13-18(14-12-17)21(24)22-15-19-9-6-7-10-20(19)16-23(2)3/h6-7,9-14H,4-5,8,15-16H2,1-3H3,(H,22,24). The van der Waals surface area contributed by atoms with Gasteiger partial charge in [0.2, 0.25) is 0 Å². The number of carbonyl (C=O) groups is 1. The summed E-state index contributed by atoms with van der Waals surface area (Å²) in [6.45, 7) is 3.62. The van der Waals surface area contributed by atoms with E-state index in [1.165, 1.54) is 29.5 Å². The van der Waals surface area contributed by atoms with Crippen LogP contribution in [0.25, 0.3) is 0 Å². The molecular formula is C21H28N2O. The van der Waals surface area contributed by atoms with Gasteiger partial charge < -0.3 is 10.2 Å². The minimum absolute atomic E-state index is 0.0169. The fraction of sp³-hybridized carbons (Fsp3) is 0.381. The van der Waals surface area contributed by atoms with Gasteiger partial charge >= 0.3 is 0 Å². The van der Waals surface area contributed by atoms with Crippen molar-refractivity contribution in [3.63, 3.8) is 0 Å². The Morgan fingerprint density at radius 3 is 2.29 bits per heavy atom. The van der Waals surface area contributed by atoms with Gasteiger partial charge in [-0.05, 0) is 55.8 Å². The van der Waals surface area contributed by atoms with E-state index in [4.69, 9.17) is 0 Å². The number of hydrogen-bond acceptors (Lipinski definition) is 2. The van der Waals surface area contributed by atoms with Gasteiger partial charge in [0, 0.05) is 18.7 Å². The fourth-order valence-electron chi connectivity index (χ4n) is 2.71. The van der Waals surface area contributed by atoms with Crippen LogP contribution in [0.2, 0.25) is 0 Å². The lowest BCUT2D eigenvalue weighted by Gasteiger charge is -2.14. The summed E-state index contributed by atoms with van der Waals surface area (Å²) < 4.78 is 0. The second kappa shape index (κ2) is 9.24. The van der Waals surface area contributed by atoms with Crippen molar-refractivity contribution in [1.82, 2.24) is 10.2 Å². The molecule has 2 rings (SSSR count). The molecule has 128 valence electrons. The smallest absolute Gasteiger partial charge is 0.251 e. The number of nitrogens with zero attached hydrogens (tertiary/aromatic N) is 1. The average Bonchev–Trinajstić information content (AvgIpc) is 2.59. The molecule has 1 N–H and O–H groups in total. The van der Waals surface area contributed by atoms with Crippen LogP contribution >= 0.6 is 0 Å². The van der Waals surface area contributed by atoms with E-state index in [1.807, 2.05) is 24.3 Å². The van der Waals surface area contributed by atoms with Crippen LogP contribution in [-0.2, 0) is 19.5 Å². The molecule has 0 aliphatic heterocycles. The van der Waals surface area contributed by atoms with E-state index < -0.39 is 0 Å². The van der Waals surface area contributed by atoms with Gasteiger partial charge in [-0.2, -0.15) is 0 Å².